The number of amides is 2. The Kier molecular flexibility index (Phi) is 5.70. The predicted molar refractivity (Wildman–Crippen MR) is 101 cm³/mol. The van der Waals surface area contributed by atoms with Crippen molar-refractivity contribution in [3.63, 3.8) is 0 Å². The molecular weight excluding hydrogens is 338 g/mol. The lowest BCUT2D eigenvalue weighted by atomic mass is 10.0. The highest BCUT2D eigenvalue weighted by atomic mass is 32.1. The van der Waals surface area contributed by atoms with Crippen LogP contribution in [0, 0.1) is 5.92 Å². The van der Waals surface area contributed by atoms with Crippen LogP contribution in [-0.4, -0.2) is 35.9 Å². The minimum atomic E-state index is -0.334. The predicted octanol–water partition coefficient (Wildman–Crippen LogP) is 3.82. The first-order chi connectivity index (χ1) is 12.1. The van der Waals surface area contributed by atoms with Gasteiger partial charge in [0.05, 0.1) is 6.61 Å². The number of anilines is 3. The van der Waals surface area contributed by atoms with Crippen LogP contribution in [0.2, 0.25) is 0 Å². The Bertz CT molecular complexity index is 703. The third-order valence-electron chi connectivity index (χ3n) is 3.99. The minimum absolute atomic E-state index is 0.334. The summed E-state index contributed by atoms with van der Waals surface area (Å²) in [4.78, 5) is 14.3. The Morgan fingerprint density at radius 3 is 2.84 bits per heavy atom. The number of hydrogen-bond acceptors (Lipinski definition) is 6. The van der Waals surface area contributed by atoms with Crippen molar-refractivity contribution in [2.45, 2.75) is 26.7 Å². The van der Waals surface area contributed by atoms with Crippen LogP contribution in [0.3, 0.4) is 0 Å². The fourth-order valence-electron chi connectivity index (χ4n) is 2.82. The molecule has 1 aromatic heterocycles. The van der Waals surface area contributed by atoms with E-state index in [-0.39, 0.29) is 6.03 Å². The molecule has 0 spiro atoms. The number of carbonyl (C=O) groups is 1. The van der Waals surface area contributed by atoms with Crippen molar-refractivity contribution in [2.75, 3.05) is 35.2 Å². The van der Waals surface area contributed by atoms with Crippen LogP contribution in [-0.2, 0) is 0 Å². The van der Waals surface area contributed by atoms with E-state index in [4.69, 9.17) is 4.74 Å². The summed E-state index contributed by atoms with van der Waals surface area (Å²) in [6.07, 6.45) is 2.42. The minimum Gasteiger partial charge on any atom is -0.494 e. The summed E-state index contributed by atoms with van der Waals surface area (Å²) in [7, 11) is 0. The molecule has 2 heterocycles. The van der Waals surface area contributed by atoms with E-state index in [0.717, 1.165) is 24.0 Å². The van der Waals surface area contributed by atoms with Gasteiger partial charge < -0.3 is 15.0 Å². The number of aromatic nitrogens is 2. The summed E-state index contributed by atoms with van der Waals surface area (Å²) < 4.78 is 5.38. The largest absolute Gasteiger partial charge is 0.494 e. The van der Waals surface area contributed by atoms with Gasteiger partial charge in [-0.05, 0) is 49.9 Å². The van der Waals surface area contributed by atoms with Crippen LogP contribution >= 0.6 is 11.3 Å². The maximum atomic E-state index is 12.1. The van der Waals surface area contributed by atoms with Crippen molar-refractivity contribution in [1.29, 1.82) is 0 Å². The van der Waals surface area contributed by atoms with E-state index in [2.05, 4.69) is 32.7 Å². The van der Waals surface area contributed by atoms with Crippen LogP contribution in [0.25, 0.3) is 0 Å². The maximum absolute atomic E-state index is 12.1. The first-order valence-corrected chi connectivity index (χ1v) is 9.35. The maximum Gasteiger partial charge on any atom is 0.325 e. The number of rotatable bonds is 5. The van der Waals surface area contributed by atoms with Gasteiger partial charge in [0.15, 0.2) is 0 Å². The third-order valence-corrected chi connectivity index (χ3v) is 4.89. The standard InChI is InChI=1S/C17H23N5O2S/c1-3-24-14-8-6-13(7-9-14)18-15(23)19-16-20-21-17(25-16)22-10-4-5-12(2)11-22/h6-9,12H,3-5,10-11H2,1-2H3,(H2,18,19,20,23)/t12-/m1/s1. The second kappa shape index (κ2) is 8.15. The third kappa shape index (κ3) is 4.82. The zero-order valence-electron chi connectivity index (χ0n) is 14.5. The van der Waals surface area contributed by atoms with E-state index in [1.807, 2.05) is 19.1 Å². The molecule has 2 aromatic rings. The number of carbonyl (C=O) groups excluding carboxylic acids is 1. The lowest BCUT2D eigenvalue weighted by molar-refractivity contribution is 0.262. The second-order valence-electron chi connectivity index (χ2n) is 6.12. The quantitative estimate of drug-likeness (QED) is 0.846. The number of piperidine rings is 1. The summed E-state index contributed by atoms with van der Waals surface area (Å²) in [5, 5.41) is 15.1. The Hall–Kier alpha value is -2.35. The van der Waals surface area contributed by atoms with Gasteiger partial charge in [-0.1, -0.05) is 18.3 Å². The van der Waals surface area contributed by atoms with Crippen molar-refractivity contribution < 1.29 is 9.53 Å². The number of ether oxygens (including phenoxy) is 1. The molecule has 0 radical (unpaired) electrons. The van der Waals surface area contributed by atoms with E-state index in [1.165, 1.54) is 24.2 Å². The van der Waals surface area contributed by atoms with Crippen molar-refractivity contribution >= 4 is 33.3 Å². The van der Waals surface area contributed by atoms with Gasteiger partial charge in [0.1, 0.15) is 5.75 Å². The molecule has 0 aliphatic carbocycles. The molecule has 0 bridgehead atoms. The van der Waals surface area contributed by atoms with E-state index in [9.17, 15) is 4.79 Å². The van der Waals surface area contributed by atoms with Crippen molar-refractivity contribution in [1.82, 2.24) is 10.2 Å². The summed E-state index contributed by atoms with van der Waals surface area (Å²) in [6, 6.07) is 6.90. The Morgan fingerprint density at radius 2 is 2.12 bits per heavy atom. The summed E-state index contributed by atoms with van der Waals surface area (Å²) in [6.45, 7) is 6.78. The van der Waals surface area contributed by atoms with Gasteiger partial charge in [-0.15, -0.1) is 10.2 Å². The molecule has 134 valence electrons. The second-order valence-corrected chi connectivity index (χ2v) is 7.08. The molecule has 7 nitrogen and oxygen atoms in total. The molecule has 1 saturated heterocycles. The molecule has 8 heteroatoms. The Labute approximate surface area is 151 Å². The van der Waals surface area contributed by atoms with Gasteiger partial charge in [-0.25, -0.2) is 4.79 Å². The van der Waals surface area contributed by atoms with Crippen LogP contribution in [0.4, 0.5) is 20.7 Å². The molecule has 1 atom stereocenters. The molecule has 2 N–H and O–H groups in total. The van der Waals surface area contributed by atoms with Crippen molar-refractivity contribution in [3.8, 4) is 5.75 Å². The number of nitrogens with one attached hydrogen (secondary N) is 2. The molecule has 1 aliphatic heterocycles. The van der Waals surface area contributed by atoms with Crippen LogP contribution in [0.1, 0.15) is 26.7 Å². The summed E-state index contributed by atoms with van der Waals surface area (Å²) >= 11 is 1.40. The number of nitrogens with zero attached hydrogens (tertiary/aromatic N) is 3. The lowest BCUT2D eigenvalue weighted by Crippen LogP contribution is -2.34. The van der Waals surface area contributed by atoms with Crippen LogP contribution < -0.4 is 20.3 Å². The zero-order valence-corrected chi connectivity index (χ0v) is 15.3. The van der Waals surface area contributed by atoms with E-state index in [0.29, 0.717) is 23.3 Å². The number of urea groups is 1. The number of benzene rings is 1. The zero-order chi connectivity index (χ0) is 17.6. The van der Waals surface area contributed by atoms with Crippen LogP contribution in [0.5, 0.6) is 5.75 Å². The summed E-state index contributed by atoms with van der Waals surface area (Å²) in [5.74, 6) is 1.44. The Balaban J connectivity index is 1.54. The molecule has 2 amide bonds. The number of hydrogen-bond donors (Lipinski definition) is 2. The first-order valence-electron chi connectivity index (χ1n) is 8.53. The SMILES string of the molecule is CCOc1ccc(NC(=O)Nc2nnc(N3CCC[C@@H](C)C3)s2)cc1. The van der Waals surface area contributed by atoms with Gasteiger partial charge in [-0.2, -0.15) is 0 Å². The first kappa shape index (κ1) is 17.5. The van der Waals surface area contributed by atoms with Gasteiger partial charge in [0.25, 0.3) is 0 Å². The van der Waals surface area contributed by atoms with Crippen molar-refractivity contribution in [3.05, 3.63) is 24.3 Å². The van der Waals surface area contributed by atoms with Gasteiger partial charge in [0.2, 0.25) is 10.3 Å². The monoisotopic (exact) mass is 361 g/mol. The molecule has 0 unspecified atom stereocenters. The van der Waals surface area contributed by atoms with E-state index >= 15 is 0 Å². The van der Waals surface area contributed by atoms with E-state index < -0.39 is 0 Å². The highest BCUT2D eigenvalue weighted by molar-refractivity contribution is 7.19. The van der Waals surface area contributed by atoms with Crippen molar-refractivity contribution in [2.24, 2.45) is 5.92 Å². The molecule has 3 rings (SSSR count). The van der Waals surface area contributed by atoms with Gasteiger partial charge in [0, 0.05) is 18.8 Å². The average molecular weight is 361 g/mol. The molecule has 1 aromatic carbocycles. The van der Waals surface area contributed by atoms with E-state index in [1.54, 1.807) is 12.1 Å². The smallest absolute Gasteiger partial charge is 0.325 e. The molecule has 1 fully saturated rings. The molecule has 25 heavy (non-hydrogen) atoms. The van der Waals surface area contributed by atoms with Gasteiger partial charge in [-0.3, -0.25) is 5.32 Å². The lowest BCUT2D eigenvalue weighted by Gasteiger charge is -2.29. The van der Waals surface area contributed by atoms with Gasteiger partial charge >= 0.3 is 6.03 Å². The fourth-order valence-corrected chi connectivity index (χ4v) is 3.59. The Morgan fingerprint density at radius 1 is 1.32 bits per heavy atom. The molecule has 0 saturated carbocycles. The highest BCUT2D eigenvalue weighted by Gasteiger charge is 2.20. The molecular formula is C17H23N5O2S. The molecule has 1 aliphatic rings. The topological polar surface area (TPSA) is 79.4 Å². The normalized spacial score (nSPS) is 17.2. The summed E-state index contributed by atoms with van der Waals surface area (Å²) in [5.41, 5.74) is 0.690. The van der Waals surface area contributed by atoms with Crippen LogP contribution in [0.15, 0.2) is 24.3 Å². The highest BCUT2D eigenvalue weighted by Crippen LogP contribution is 2.28. The average Bonchev–Trinajstić information content (AvgIpc) is 3.05. The fraction of sp³-hybridized carbons (Fsp3) is 0.471.